The summed E-state index contributed by atoms with van der Waals surface area (Å²) in [4.78, 5) is 13.0. The normalized spacial score (nSPS) is 14.2. The van der Waals surface area contributed by atoms with Gasteiger partial charge >= 0.3 is 0 Å². The van der Waals surface area contributed by atoms with Crippen LogP contribution in [-0.4, -0.2) is 63.8 Å². The second-order valence-electron chi connectivity index (χ2n) is 9.69. The van der Waals surface area contributed by atoms with Gasteiger partial charge in [-0.05, 0) is 71.4 Å². The average Bonchev–Trinajstić information content (AvgIpc) is 3.29. The first-order valence-electron chi connectivity index (χ1n) is 15.5. The molecule has 0 aromatic heterocycles. The maximum Gasteiger partial charge on any atom is 0.263 e. The minimum atomic E-state index is -2.43. The number of halogens is 3. The summed E-state index contributed by atoms with van der Waals surface area (Å²) in [6.45, 7) is 19.4. The number of allylic oxidation sites excluding steroid dienone is 7. The molecule has 1 aromatic carbocycles. The summed E-state index contributed by atoms with van der Waals surface area (Å²) < 4.78 is 34.9. The highest BCUT2D eigenvalue weighted by Gasteiger charge is 2.11. The Balaban J connectivity index is 0. The Labute approximate surface area is 276 Å². The number of nitrogens with zero attached hydrogens (tertiary/aromatic N) is 4. The fraction of sp³-hybridized carbons (Fsp3) is 0.444. The molecule has 1 aromatic rings. The number of benzene rings is 1. The largest absolute Gasteiger partial charge is 0.383 e. The molecule has 0 heterocycles. The third-order valence-electron chi connectivity index (χ3n) is 6.00. The molecule has 1 aliphatic rings. The van der Waals surface area contributed by atoms with E-state index in [0.717, 1.165) is 40.5 Å². The molecule has 0 saturated heterocycles. The average molecular weight is 644 g/mol. The van der Waals surface area contributed by atoms with E-state index in [0.29, 0.717) is 25.5 Å². The Morgan fingerprint density at radius 3 is 2.24 bits per heavy atom. The fourth-order valence-corrected chi connectivity index (χ4v) is 3.85. The highest BCUT2D eigenvalue weighted by molar-refractivity contribution is 6.04. The van der Waals surface area contributed by atoms with E-state index < -0.39 is 6.43 Å². The smallest absolute Gasteiger partial charge is 0.263 e. The van der Waals surface area contributed by atoms with Crippen molar-refractivity contribution in [2.45, 2.75) is 86.7 Å². The first-order valence-corrected chi connectivity index (χ1v) is 15.5. The second kappa shape index (κ2) is 27.1. The maximum absolute atomic E-state index is 12.7. The molecular formula is C36H56F3N7. The van der Waals surface area contributed by atoms with Crippen LogP contribution in [0.4, 0.5) is 24.5 Å². The standard InChI is InChI=1S/C18H24F2N2.C15H23N5.C2H6.CH3F/c1-4-7-16(13-12-15(5-2)21-3)22-17-9-6-8-14(10-11-17)18(19)20;1-10(2)18-13-7-8-14(11(3)16-5)15(9-13)19-12(4)20-17-6;2*1-2/h4,6-10,12-13,16,18,22H,5,11H2,1-3H3;7-10,18H,6H2,1-5H3,(H,19,20);1-2H3;1H3/b7-4?,13-12-,21-15?;;;. The van der Waals surface area contributed by atoms with Gasteiger partial charge in [0.25, 0.3) is 6.43 Å². The molecule has 0 fully saturated rings. The van der Waals surface area contributed by atoms with Crippen molar-refractivity contribution < 1.29 is 13.2 Å². The highest BCUT2D eigenvalue weighted by Crippen LogP contribution is 2.25. The molecule has 10 heteroatoms. The number of nitrogens with one attached hydrogen (secondary N) is 3. The third-order valence-corrected chi connectivity index (χ3v) is 6.00. The van der Waals surface area contributed by atoms with Crippen LogP contribution in [0.15, 0.2) is 98.2 Å². The molecule has 1 atom stereocenters. The highest BCUT2D eigenvalue weighted by atomic mass is 19.3. The first-order chi connectivity index (χ1) is 22.1. The van der Waals surface area contributed by atoms with Crippen LogP contribution in [0.3, 0.4) is 0 Å². The van der Waals surface area contributed by atoms with E-state index in [9.17, 15) is 13.2 Å². The van der Waals surface area contributed by atoms with Gasteiger partial charge in [0, 0.05) is 67.2 Å². The van der Waals surface area contributed by atoms with Gasteiger partial charge in [-0.3, -0.25) is 19.8 Å². The zero-order valence-corrected chi connectivity index (χ0v) is 29.6. The van der Waals surface area contributed by atoms with Gasteiger partial charge in [-0.2, -0.15) is 5.10 Å². The molecular weight excluding hydrogens is 587 g/mol. The molecule has 0 amide bonds. The van der Waals surface area contributed by atoms with Crippen LogP contribution < -0.4 is 16.1 Å². The quantitative estimate of drug-likeness (QED) is 0.0918. The van der Waals surface area contributed by atoms with Crippen LogP contribution in [-0.2, 0) is 0 Å². The van der Waals surface area contributed by atoms with Crippen molar-refractivity contribution in [2.24, 2.45) is 20.1 Å². The Morgan fingerprint density at radius 1 is 1.04 bits per heavy atom. The lowest BCUT2D eigenvalue weighted by Gasteiger charge is -2.15. The third kappa shape index (κ3) is 18.6. The predicted molar refractivity (Wildman–Crippen MR) is 198 cm³/mol. The maximum atomic E-state index is 12.7. The van der Waals surface area contributed by atoms with Crippen LogP contribution in [0.2, 0.25) is 0 Å². The van der Waals surface area contributed by atoms with Crippen molar-refractivity contribution in [1.82, 2.24) is 10.7 Å². The van der Waals surface area contributed by atoms with Crippen molar-refractivity contribution in [2.75, 3.05) is 26.6 Å². The van der Waals surface area contributed by atoms with Gasteiger partial charge in [-0.1, -0.05) is 57.2 Å². The minimum absolute atomic E-state index is 0.00875. The summed E-state index contributed by atoms with van der Waals surface area (Å²) in [5.41, 5.74) is 8.57. The van der Waals surface area contributed by atoms with Crippen LogP contribution in [0.5, 0.6) is 0 Å². The van der Waals surface area contributed by atoms with E-state index in [1.54, 1.807) is 26.2 Å². The summed E-state index contributed by atoms with van der Waals surface area (Å²) >= 11 is 0. The summed E-state index contributed by atoms with van der Waals surface area (Å²) in [5, 5.41) is 10.3. The fourth-order valence-electron chi connectivity index (χ4n) is 3.85. The molecule has 2 rings (SSSR count). The van der Waals surface area contributed by atoms with Gasteiger partial charge in [0.1, 0.15) is 5.84 Å². The summed E-state index contributed by atoms with van der Waals surface area (Å²) in [7, 11) is 4.05. The zero-order chi connectivity index (χ0) is 35.5. The molecule has 0 spiro atoms. The lowest BCUT2D eigenvalue weighted by Crippen LogP contribution is -2.24. The van der Waals surface area contributed by atoms with Gasteiger partial charge in [-0.25, -0.2) is 13.8 Å². The van der Waals surface area contributed by atoms with Crippen molar-refractivity contribution >= 4 is 35.4 Å². The number of rotatable bonds is 12. The zero-order valence-electron chi connectivity index (χ0n) is 29.6. The Bertz CT molecular complexity index is 1250. The van der Waals surface area contributed by atoms with Gasteiger partial charge < -0.3 is 10.6 Å². The number of anilines is 1. The number of hydrogen-bond donors (Lipinski definition) is 3. The van der Waals surface area contributed by atoms with Crippen molar-refractivity contribution in [3.8, 4) is 0 Å². The van der Waals surface area contributed by atoms with E-state index >= 15 is 0 Å². The summed E-state index contributed by atoms with van der Waals surface area (Å²) in [6, 6.07) is 6.46. The summed E-state index contributed by atoms with van der Waals surface area (Å²) in [6.07, 6.45) is 13.4. The van der Waals surface area contributed by atoms with Crippen molar-refractivity contribution in [1.29, 1.82) is 0 Å². The van der Waals surface area contributed by atoms with E-state index in [4.69, 9.17) is 0 Å². The number of hydrogen-bond acceptors (Lipinski definition) is 6. The number of alkyl halides is 3. The first kappa shape index (κ1) is 43.9. The number of aliphatic imine (C=N–C) groups is 3. The van der Waals surface area contributed by atoms with Crippen molar-refractivity contribution in [3.63, 3.8) is 0 Å². The van der Waals surface area contributed by atoms with Crippen LogP contribution in [0, 0.1) is 0 Å². The minimum Gasteiger partial charge on any atom is -0.383 e. The van der Waals surface area contributed by atoms with E-state index in [-0.39, 0.29) is 11.6 Å². The molecule has 256 valence electrons. The van der Waals surface area contributed by atoms with E-state index in [1.165, 1.54) is 6.08 Å². The van der Waals surface area contributed by atoms with Gasteiger partial charge in [-0.15, -0.1) is 0 Å². The molecule has 0 aliphatic heterocycles. The molecule has 0 radical (unpaired) electrons. The predicted octanol–water partition coefficient (Wildman–Crippen LogP) is 9.41. The number of amidine groups is 1. The van der Waals surface area contributed by atoms with E-state index in [2.05, 4.69) is 63.6 Å². The van der Waals surface area contributed by atoms with Crippen molar-refractivity contribution in [3.05, 3.63) is 83.6 Å². The second-order valence-corrected chi connectivity index (χ2v) is 9.69. The van der Waals surface area contributed by atoms with Gasteiger partial charge in [0.2, 0.25) is 0 Å². The SMILES string of the molecule is C=NNC(C)=Nc1cc(NC(C)C)ccc1C(C)=NC.CC.CC=CC(/C=C\C(CC)=NC)NC1=CC=CC(C(F)F)=CC1.CF. The van der Waals surface area contributed by atoms with Crippen LogP contribution in [0.1, 0.15) is 73.8 Å². The molecule has 1 unspecified atom stereocenters. The van der Waals surface area contributed by atoms with Crippen LogP contribution in [0.25, 0.3) is 0 Å². The van der Waals surface area contributed by atoms with Gasteiger partial charge in [0.15, 0.2) is 0 Å². The number of hydrazone groups is 1. The molecule has 0 saturated carbocycles. The van der Waals surface area contributed by atoms with Crippen LogP contribution >= 0.6 is 0 Å². The Morgan fingerprint density at radius 2 is 1.72 bits per heavy atom. The molecule has 0 bridgehead atoms. The van der Waals surface area contributed by atoms with E-state index in [1.807, 2.05) is 83.2 Å². The molecule has 46 heavy (non-hydrogen) atoms. The Hall–Kier alpha value is -4.21. The topological polar surface area (TPSA) is 85.5 Å². The monoisotopic (exact) mass is 643 g/mol. The van der Waals surface area contributed by atoms with Gasteiger partial charge in [0.05, 0.1) is 18.9 Å². The molecule has 3 N–H and O–H groups in total. The Kier molecular flexibility index (Phi) is 25.9. The lowest BCUT2D eigenvalue weighted by molar-refractivity contribution is 0.194. The molecule has 1 aliphatic carbocycles. The molecule has 7 nitrogen and oxygen atoms in total. The summed E-state index contributed by atoms with van der Waals surface area (Å²) in [5.74, 6) is 0.687. The lowest BCUT2D eigenvalue weighted by atomic mass is 10.1.